The molecular weight excluding hydrogens is 398 g/mol. The molecule has 0 bridgehead atoms. The van der Waals surface area contributed by atoms with E-state index in [1.807, 2.05) is 30.3 Å². The van der Waals surface area contributed by atoms with Gasteiger partial charge < -0.3 is 20.1 Å². The third kappa shape index (κ3) is 8.31. The zero-order valence-corrected chi connectivity index (χ0v) is 17.8. The largest absolute Gasteiger partial charge is 0.444 e. The molecule has 3 N–H and O–H groups in total. The summed E-state index contributed by atoms with van der Waals surface area (Å²) >= 11 is 5.78. The molecule has 0 aromatic heterocycles. The third-order valence-electron chi connectivity index (χ3n) is 3.90. The number of hydrogen-bond acceptors (Lipinski definition) is 6. The molecule has 0 radical (unpaired) electrons. The van der Waals surface area contributed by atoms with E-state index < -0.39 is 35.9 Å². The fourth-order valence-electron chi connectivity index (χ4n) is 2.50. The number of alkyl carbamates (subject to hydrolysis) is 1. The topological polar surface area (TPSA) is 97.9 Å². The number of amides is 2. The number of ether oxygens (including phenoxy) is 2. The third-order valence-corrected chi connectivity index (χ3v) is 4.10. The maximum absolute atomic E-state index is 12.7. The Morgan fingerprint density at radius 1 is 1.28 bits per heavy atom. The highest BCUT2D eigenvalue weighted by molar-refractivity contribution is 6.29. The summed E-state index contributed by atoms with van der Waals surface area (Å²) in [5.74, 6) is -0.420. The predicted molar refractivity (Wildman–Crippen MR) is 109 cm³/mol. The quantitative estimate of drug-likeness (QED) is 0.554. The Morgan fingerprint density at radius 2 is 1.97 bits per heavy atom. The van der Waals surface area contributed by atoms with Gasteiger partial charge in [0.2, 0.25) is 5.91 Å². The van der Waals surface area contributed by atoms with E-state index in [2.05, 4.69) is 16.1 Å². The fraction of sp³-hybridized carbons (Fsp3) is 0.500. The van der Waals surface area contributed by atoms with Crippen LogP contribution in [-0.4, -0.2) is 42.4 Å². The van der Waals surface area contributed by atoms with E-state index in [1.165, 1.54) is 0 Å². The monoisotopic (exact) mass is 425 g/mol. The number of hydrogen-bond donors (Lipinski definition) is 3. The molecule has 8 nitrogen and oxygen atoms in total. The van der Waals surface area contributed by atoms with Crippen LogP contribution in [0.5, 0.6) is 0 Å². The van der Waals surface area contributed by atoms with E-state index in [9.17, 15) is 9.59 Å². The Hall–Kier alpha value is -2.29. The summed E-state index contributed by atoms with van der Waals surface area (Å²) in [6.07, 6.45) is -0.0822. The van der Waals surface area contributed by atoms with Gasteiger partial charge in [0.1, 0.15) is 22.9 Å². The summed E-state index contributed by atoms with van der Waals surface area (Å²) in [7, 11) is 0. The zero-order chi connectivity index (χ0) is 21.4. The Balaban J connectivity index is 1.98. The minimum atomic E-state index is -0.956. The van der Waals surface area contributed by atoms with Crippen LogP contribution in [0.25, 0.3) is 0 Å². The highest BCUT2D eigenvalue weighted by atomic mass is 35.5. The Morgan fingerprint density at radius 3 is 2.55 bits per heavy atom. The van der Waals surface area contributed by atoms with Crippen LogP contribution >= 0.6 is 11.6 Å². The molecule has 1 aromatic carbocycles. The van der Waals surface area contributed by atoms with Gasteiger partial charge in [0.15, 0.2) is 0 Å². The first-order chi connectivity index (χ1) is 13.6. The molecule has 1 aliphatic heterocycles. The van der Waals surface area contributed by atoms with Crippen molar-refractivity contribution in [3.63, 3.8) is 0 Å². The summed E-state index contributed by atoms with van der Waals surface area (Å²) < 4.78 is 11.1. The first kappa shape index (κ1) is 23.0. The van der Waals surface area contributed by atoms with Gasteiger partial charge in [-0.3, -0.25) is 15.1 Å². The van der Waals surface area contributed by atoms with Crippen molar-refractivity contribution < 1.29 is 23.9 Å². The van der Waals surface area contributed by atoms with Gasteiger partial charge in [0.25, 0.3) is 0 Å². The highest BCUT2D eigenvalue weighted by Gasteiger charge is 2.30. The summed E-state index contributed by atoms with van der Waals surface area (Å²) in [4.78, 5) is 30.1. The standard InChI is InChI=1S/C20H28ClN3O5/c1-13(27-12-14-8-6-5-7-9-14)17(23-19(26)28-20(2,3)4)18(25)22-11-15-10-16(21)24-29-15/h5-10,13,15,17,24H,11-12H2,1-4H3,(H,22,25)(H,23,26)/t13-,15?,17+/m1/s1. The maximum Gasteiger partial charge on any atom is 0.408 e. The van der Waals surface area contributed by atoms with Gasteiger partial charge in [-0.1, -0.05) is 41.9 Å². The molecule has 0 saturated heterocycles. The highest BCUT2D eigenvalue weighted by Crippen LogP contribution is 2.11. The average molecular weight is 426 g/mol. The maximum atomic E-state index is 12.7. The molecule has 1 heterocycles. The van der Waals surface area contributed by atoms with Crippen molar-refractivity contribution in [3.05, 3.63) is 47.1 Å². The Labute approximate surface area is 175 Å². The van der Waals surface area contributed by atoms with Crippen molar-refractivity contribution in [2.75, 3.05) is 6.54 Å². The number of carbonyl (C=O) groups is 2. The molecule has 160 valence electrons. The van der Waals surface area contributed by atoms with Crippen LogP contribution in [-0.2, 0) is 25.7 Å². The molecule has 2 amide bonds. The molecule has 3 atom stereocenters. The second kappa shape index (κ2) is 10.5. The van der Waals surface area contributed by atoms with Crippen molar-refractivity contribution in [2.45, 2.75) is 58.2 Å². The van der Waals surface area contributed by atoms with Gasteiger partial charge in [-0.25, -0.2) is 4.79 Å². The first-order valence-electron chi connectivity index (χ1n) is 9.36. The second-order valence-electron chi connectivity index (χ2n) is 7.64. The molecule has 2 rings (SSSR count). The van der Waals surface area contributed by atoms with Gasteiger partial charge in [-0.15, -0.1) is 0 Å². The smallest absolute Gasteiger partial charge is 0.408 e. The number of carbonyl (C=O) groups excluding carboxylic acids is 2. The Kier molecular flexibility index (Phi) is 8.31. The van der Waals surface area contributed by atoms with Gasteiger partial charge in [-0.05, 0) is 39.3 Å². The number of nitrogens with one attached hydrogen (secondary N) is 3. The van der Waals surface area contributed by atoms with Gasteiger partial charge in [0.05, 0.1) is 19.3 Å². The zero-order valence-electron chi connectivity index (χ0n) is 17.0. The molecular formula is C20H28ClN3O5. The number of rotatable bonds is 8. The lowest BCUT2D eigenvalue weighted by atomic mass is 10.1. The lowest BCUT2D eigenvalue weighted by molar-refractivity contribution is -0.127. The van der Waals surface area contributed by atoms with E-state index in [1.54, 1.807) is 33.8 Å². The summed E-state index contributed by atoms with van der Waals surface area (Å²) in [6.45, 7) is 7.44. The normalized spacial score (nSPS) is 18.2. The van der Waals surface area contributed by atoms with E-state index in [4.69, 9.17) is 25.9 Å². The number of halogens is 1. The van der Waals surface area contributed by atoms with Crippen molar-refractivity contribution in [3.8, 4) is 0 Å². The van der Waals surface area contributed by atoms with Crippen molar-refractivity contribution in [2.24, 2.45) is 0 Å². The van der Waals surface area contributed by atoms with E-state index in [0.717, 1.165) is 5.56 Å². The van der Waals surface area contributed by atoms with Crippen LogP contribution in [0.15, 0.2) is 41.6 Å². The van der Waals surface area contributed by atoms with Crippen LogP contribution in [0.4, 0.5) is 4.79 Å². The van der Waals surface area contributed by atoms with Crippen molar-refractivity contribution in [1.29, 1.82) is 0 Å². The van der Waals surface area contributed by atoms with Crippen LogP contribution < -0.4 is 16.1 Å². The van der Waals surface area contributed by atoms with Gasteiger partial charge in [0, 0.05) is 0 Å². The summed E-state index contributed by atoms with van der Waals surface area (Å²) in [5.41, 5.74) is 2.77. The molecule has 9 heteroatoms. The minimum absolute atomic E-state index is 0.181. The van der Waals surface area contributed by atoms with Crippen molar-refractivity contribution in [1.82, 2.24) is 16.1 Å². The summed E-state index contributed by atoms with van der Waals surface area (Å²) in [6, 6.07) is 8.60. The summed E-state index contributed by atoms with van der Waals surface area (Å²) in [5, 5.41) is 5.69. The number of hydroxylamine groups is 1. The van der Waals surface area contributed by atoms with E-state index in [-0.39, 0.29) is 6.54 Å². The lowest BCUT2D eigenvalue weighted by Gasteiger charge is -2.27. The van der Waals surface area contributed by atoms with Crippen LogP contribution in [0.2, 0.25) is 0 Å². The second-order valence-corrected chi connectivity index (χ2v) is 8.05. The molecule has 1 aromatic rings. The van der Waals surface area contributed by atoms with Gasteiger partial charge in [-0.2, -0.15) is 0 Å². The Bertz CT molecular complexity index is 721. The van der Waals surface area contributed by atoms with Crippen LogP contribution in [0.1, 0.15) is 33.3 Å². The minimum Gasteiger partial charge on any atom is -0.444 e. The fourth-order valence-corrected chi connectivity index (χ4v) is 2.69. The average Bonchev–Trinajstić information content (AvgIpc) is 3.07. The van der Waals surface area contributed by atoms with Gasteiger partial charge >= 0.3 is 6.09 Å². The van der Waals surface area contributed by atoms with Crippen LogP contribution in [0, 0.1) is 0 Å². The van der Waals surface area contributed by atoms with Crippen LogP contribution in [0.3, 0.4) is 0 Å². The lowest BCUT2D eigenvalue weighted by Crippen LogP contribution is -2.54. The first-order valence-corrected chi connectivity index (χ1v) is 9.73. The molecule has 29 heavy (non-hydrogen) atoms. The molecule has 0 aliphatic carbocycles. The molecule has 0 fully saturated rings. The molecule has 1 aliphatic rings. The van der Waals surface area contributed by atoms with E-state index >= 15 is 0 Å². The molecule has 0 spiro atoms. The molecule has 0 saturated carbocycles. The van der Waals surface area contributed by atoms with Crippen molar-refractivity contribution >= 4 is 23.6 Å². The SMILES string of the molecule is C[C@@H](OCc1ccccc1)[C@H](NC(=O)OC(C)(C)C)C(=O)NCC1C=C(Cl)NO1. The number of benzene rings is 1. The predicted octanol–water partition coefficient (Wildman–Crippen LogP) is 2.58. The van der Waals surface area contributed by atoms with E-state index in [0.29, 0.717) is 11.8 Å². The molecule has 1 unspecified atom stereocenters.